The van der Waals surface area contributed by atoms with Crippen LogP contribution >= 0.6 is 0 Å². The van der Waals surface area contributed by atoms with Crippen molar-refractivity contribution in [3.63, 3.8) is 0 Å². The average Bonchev–Trinajstić information content (AvgIpc) is 2.17. The van der Waals surface area contributed by atoms with E-state index in [0.717, 1.165) is 18.5 Å². The quantitative estimate of drug-likeness (QED) is 0.608. The third-order valence-corrected chi connectivity index (χ3v) is 2.41. The first-order chi connectivity index (χ1) is 6.36. The van der Waals surface area contributed by atoms with Crippen molar-refractivity contribution in [2.75, 3.05) is 5.43 Å². The summed E-state index contributed by atoms with van der Waals surface area (Å²) < 4.78 is 0. The van der Waals surface area contributed by atoms with Gasteiger partial charge < -0.3 is 10.5 Å². The van der Waals surface area contributed by atoms with E-state index in [1.807, 2.05) is 30.3 Å². The van der Waals surface area contributed by atoms with E-state index in [9.17, 15) is 5.11 Å². The van der Waals surface area contributed by atoms with Gasteiger partial charge in [0, 0.05) is 5.69 Å². The van der Waals surface area contributed by atoms with Gasteiger partial charge in [-0.2, -0.15) is 0 Å². The lowest BCUT2D eigenvalue weighted by Gasteiger charge is -2.33. The molecule has 0 radical (unpaired) electrons. The normalized spacial score (nSPS) is 26.5. The minimum atomic E-state index is -0.184. The van der Waals surface area contributed by atoms with Crippen LogP contribution in [0.3, 0.4) is 0 Å². The standard InChI is InChI=1S/C10H14N2O/c13-10-7-6-9(10)12-11-8-4-2-1-3-5-8/h1-5,9-13H,6-7H2/t9-,10-/m1/s1. The Bertz CT molecular complexity index is 263. The lowest BCUT2D eigenvalue weighted by atomic mass is 9.90. The fraction of sp³-hybridized carbons (Fsp3) is 0.400. The molecule has 0 saturated heterocycles. The van der Waals surface area contributed by atoms with Gasteiger partial charge in [0.1, 0.15) is 0 Å². The number of rotatable bonds is 3. The minimum absolute atomic E-state index is 0.184. The molecule has 1 saturated carbocycles. The fourth-order valence-electron chi connectivity index (χ4n) is 1.35. The zero-order valence-electron chi connectivity index (χ0n) is 7.40. The van der Waals surface area contributed by atoms with Crippen molar-refractivity contribution in [3.05, 3.63) is 30.3 Å². The predicted octanol–water partition coefficient (Wildman–Crippen LogP) is 1.13. The zero-order chi connectivity index (χ0) is 9.10. The van der Waals surface area contributed by atoms with Crippen molar-refractivity contribution in [1.29, 1.82) is 0 Å². The van der Waals surface area contributed by atoms with E-state index in [1.54, 1.807) is 0 Å². The summed E-state index contributed by atoms with van der Waals surface area (Å²) in [5.41, 5.74) is 7.18. The van der Waals surface area contributed by atoms with Crippen LogP contribution in [0.5, 0.6) is 0 Å². The molecular formula is C10H14N2O. The van der Waals surface area contributed by atoms with Gasteiger partial charge in [0.25, 0.3) is 0 Å². The third-order valence-electron chi connectivity index (χ3n) is 2.41. The Labute approximate surface area is 77.7 Å². The molecular weight excluding hydrogens is 164 g/mol. The molecule has 1 aromatic carbocycles. The molecule has 0 unspecified atom stereocenters. The Morgan fingerprint density at radius 2 is 1.92 bits per heavy atom. The maximum absolute atomic E-state index is 9.28. The second-order valence-corrected chi connectivity index (χ2v) is 3.39. The van der Waals surface area contributed by atoms with Gasteiger partial charge in [0.15, 0.2) is 0 Å². The predicted molar refractivity (Wildman–Crippen MR) is 52.2 cm³/mol. The van der Waals surface area contributed by atoms with Crippen molar-refractivity contribution in [2.45, 2.75) is 25.0 Å². The average molecular weight is 178 g/mol. The number of hydrazine groups is 1. The largest absolute Gasteiger partial charge is 0.391 e. The number of para-hydroxylation sites is 1. The highest BCUT2D eigenvalue weighted by Gasteiger charge is 2.28. The monoisotopic (exact) mass is 178 g/mol. The van der Waals surface area contributed by atoms with Gasteiger partial charge in [-0.15, -0.1) is 0 Å². The summed E-state index contributed by atoms with van der Waals surface area (Å²) in [6, 6.07) is 10.1. The number of hydrogen-bond acceptors (Lipinski definition) is 3. The Hall–Kier alpha value is -1.06. The molecule has 3 nitrogen and oxygen atoms in total. The summed E-state index contributed by atoms with van der Waals surface area (Å²) in [6.45, 7) is 0. The summed E-state index contributed by atoms with van der Waals surface area (Å²) in [5.74, 6) is 0. The number of aliphatic hydroxyl groups is 1. The van der Waals surface area contributed by atoms with Crippen LogP contribution in [-0.4, -0.2) is 17.3 Å². The summed E-state index contributed by atoms with van der Waals surface area (Å²) in [5, 5.41) is 9.28. The lowest BCUT2D eigenvalue weighted by Crippen LogP contribution is -2.50. The Morgan fingerprint density at radius 3 is 2.46 bits per heavy atom. The molecule has 1 aliphatic rings. The Balaban J connectivity index is 1.80. The van der Waals surface area contributed by atoms with E-state index in [-0.39, 0.29) is 12.1 Å². The van der Waals surface area contributed by atoms with E-state index < -0.39 is 0 Å². The van der Waals surface area contributed by atoms with Crippen molar-refractivity contribution in [3.8, 4) is 0 Å². The molecule has 0 amide bonds. The molecule has 2 atom stereocenters. The first-order valence-corrected chi connectivity index (χ1v) is 4.61. The first-order valence-electron chi connectivity index (χ1n) is 4.61. The molecule has 1 aromatic rings. The van der Waals surface area contributed by atoms with Gasteiger partial charge >= 0.3 is 0 Å². The maximum Gasteiger partial charge on any atom is 0.0711 e. The second-order valence-electron chi connectivity index (χ2n) is 3.39. The van der Waals surface area contributed by atoms with Crippen molar-refractivity contribution in [1.82, 2.24) is 5.43 Å². The van der Waals surface area contributed by atoms with Gasteiger partial charge in [-0.05, 0) is 25.0 Å². The van der Waals surface area contributed by atoms with Crippen LogP contribution in [0.1, 0.15) is 12.8 Å². The second kappa shape index (κ2) is 3.77. The Kier molecular flexibility index (Phi) is 2.47. The molecule has 0 aliphatic heterocycles. The molecule has 3 heteroatoms. The van der Waals surface area contributed by atoms with E-state index >= 15 is 0 Å². The van der Waals surface area contributed by atoms with Gasteiger partial charge in [-0.3, -0.25) is 0 Å². The highest BCUT2D eigenvalue weighted by atomic mass is 16.3. The van der Waals surface area contributed by atoms with Crippen LogP contribution in [0.15, 0.2) is 30.3 Å². The minimum Gasteiger partial charge on any atom is -0.391 e. The number of hydrogen-bond donors (Lipinski definition) is 3. The summed E-state index contributed by atoms with van der Waals surface area (Å²) in [6.07, 6.45) is 1.77. The molecule has 13 heavy (non-hydrogen) atoms. The molecule has 2 rings (SSSR count). The van der Waals surface area contributed by atoms with Crippen LogP contribution < -0.4 is 10.9 Å². The topological polar surface area (TPSA) is 44.3 Å². The lowest BCUT2D eigenvalue weighted by molar-refractivity contribution is 0.0539. The summed E-state index contributed by atoms with van der Waals surface area (Å²) in [7, 11) is 0. The Morgan fingerprint density at radius 1 is 1.15 bits per heavy atom. The van der Waals surface area contributed by atoms with E-state index in [0.29, 0.717) is 0 Å². The third kappa shape index (κ3) is 1.99. The van der Waals surface area contributed by atoms with Crippen LogP contribution in [0.4, 0.5) is 5.69 Å². The van der Waals surface area contributed by atoms with E-state index in [4.69, 9.17) is 0 Å². The van der Waals surface area contributed by atoms with Crippen molar-refractivity contribution >= 4 is 5.69 Å². The van der Waals surface area contributed by atoms with Gasteiger partial charge in [-0.1, -0.05) is 18.2 Å². The van der Waals surface area contributed by atoms with Gasteiger partial charge in [0.05, 0.1) is 12.1 Å². The van der Waals surface area contributed by atoms with Crippen molar-refractivity contribution in [2.24, 2.45) is 0 Å². The number of nitrogens with one attached hydrogen (secondary N) is 2. The van der Waals surface area contributed by atoms with Crippen molar-refractivity contribution < 1.29 is 5.11 Å². The van der Waals surface area contributed by atoms with E-state index in [1.165, 1.54) is 0 Å². The van der Waals surface area contributed by atoms with Crippen LogP contribution in [0.2, 0.25) is 0 Å². The van der Waals surface area contributed by atoms with Crippen LogP contribution in [0, 0.1) is 0 Å². The molecule has 0 aromatic heterocycles. The molecule has 70 valence electrons. The SMILES string of the molecule is O[C@@H]1CC[C@H]1NNc1ccccc1. The number of aliphatic hydroxyl groups excluding tert-OH is 1. The number of anilines is 1. The number of benzene rings is 1. The maximum atomic E-state index is 9.28. The molecule has 0 spiro atoms. The fourth-order valence-corrected chi connectivity index (χ4v) is 1.35. The summed E-state index contributed by atoms with van der Waals surface area (Å²) in [4.78, 5) is 0. The van der Waals surface area contributed by atoms with Gasteiger partial charge in [0.2, 0.25) is 0 Å². The molecule has 1 fully saturated rings. The molecule has 0 heterocycles. The highest BCUT2D eigenvalue weighted by Crippen LogP contribution is 2.19. The highest BCUT2D eigenvalue weighted by molar-refractivity contribution is 5.41. The van der Waals surface area contributed by atoms with E-state index in [2.05, 4.69) is 10.9 Å². The molecule has 3 N–H and O–H groups in total. The van der Waals surface area contributed by atoms with Crippen LogP contribution in [0.25, 0.3) is 0 Å². The summed E-state index contributed by atoms with van der Waals surface area (Å²) >= 11 is 0. The zero-order valence-corrected chi connectivity index (χ0v) is 7.40. The molecule has 1 aliphatic carbocycles. The molecule has 0 bridgehead atoms. The smallest absolute Gasteiger partial charge is 0.0711 e. The van der Waals surface area contributed by atoms with Gasteiger partial charge in [-0.25, -0.2) is 5.43 Å². The van der Waals surface area contributed by atoms with Crippen LogP contribution in [-0.2, 0) is 0 Å². The first kappa shape index (κ1) is 8.53.